The lowest BCUT2D eigenvalue weighted by Crippen LogP contribution is -2.27. The van der Waals surface area contributed by atoms with E-state index in [4.69, 9.17) is 10.5 Å². The van der Waals surface area contributed by atoms with Gasteiger partial charge in [-0.15, -0.1) is 0 Å². The van der Waals surface area contributed by atoms with Gasteiger partial charge in [-0.05, 0) is 31.0 Å². The molecule has 0 aromatic heterocycles. The average Bonchev–Trinajstić information content (AvgIpc) is 2.34. The van der Waals surface area contributed by atoms with E-state index in [1.54, 1.807) is 0 Å². The summed E-state index contributed by atoms with van der Waals surface area (Å²) in [5.74, 6) is 0.0570. The molecule has 0 atom stereocenters. The predicted octanol–water partition coefficient (Wildman–Crippen LogP) is 1.35. The van der Waals surface area contributed by atoms with Crippen LogP contribution in [0.15, 0.2) is 24.3 Å². The summed E-state index contributed by atoms with van der Waals surface area (Å²) in [4.78, 5) is 11.5. The fraction of sp³-hybridized carbons (Fsp3) is 0.462. The Morgan fingerprint density at radius 2 is 2.06 bits per heavy atom. The van der Waals surface area contributed by atoms with Crippen molar-refractivity contribution >= 4 is 11.6 Å². The van der Waals surface area contributed by atoms with Crippen LogP contribution < -0.4 is 11.1 Å². The SMILES string of the molecule is CCOCCNC(=O)CCc1ccc(N)cc1. The Morgan fingerprint density at radius 1 is 1.35 bits per heavy atom. The average molecular weight is 236 g/mol. The normalized spacial score (nSPS) is 10.2. The maximum absolute atomic E-state index is 11.5. The lowest BCUT2D eigenvalue weighted by Gasteiger charge is -2.05. The summed E-state index contributed by atoms with van der Waals surface area (Å²) in [5.41, 5.74) is 7.45. The van der Waals surface area contributed by atoms with Crippen LogP contribution >= 0.6 is 0 Å². The van der Waals surface area contributed by atoms with Crippen molar-refractivity contribution in [2.75, 3.05) is 25.5 Å². The van der Waals surface area contributed by atoms with E-state index in [9.17, 15) is 4.79 Å². The minimum atomic E-state index is 0.0570. The first-order chi connectivity index (χ1) is 8.22. The van der Waals surface area contributed by atoms with Crippen LogP contribution in [0.2, 0.25) is 0 Å². The molecule has 94 valence electrons. The number of carbonyl (C=O) groups is 1. The predicted molar refractivity (Wildman–Crippen MR) is 68.7 cm³/mol. The number of nitrogens with two attached hydrogens (primary N) is 1. The van der Waals surface area contributed by atoms with E-state index < -0.39 is 0 Å². The van der Waals surface area contributed by atoms with Gasteiger partial charge in [0, 0.05) is 25.3 Å². The van der Waals surface area contributed by atoms with Crippen molar-refractivity contribution in [3.8, 4) is 0 Å². The fourth-order valence-electron chi connectivity index (χ4n) is 1.44. The van der Waals surface area contributed by atoms with E-state index in [0.29, 0.717) is 26.2 Å². The second-order valence-corrected chi connectivity index (χ2v) is 3.79. The van der Waals surface area contributed by atoms with Gasteiger partial charge < -0.3 is 15.8 Å². The lowest BCUT2D eigenvalue weighted by molar-refractivity contribution is -0.121. The molecule has 0 spiro atoms. The zero-order valence-corrected chi connectivity index (χ0v) is 10.2. The molecule has 0 fully saturated rings. The maximum atomic E-state index is 11.5. The van der Waals surface area contributed by atoms with Crippen LogP contribution in [0.4, 0.5) is 5.69 Å². The summed E-state index contributed by atoms with van der Waals surface area (Å²) in [6.45, 7) is 3.77. The second kappa shape index (κ2) is 7.68. The van der Waals surface area contributed by atoms with Crippen molar-refractivity contribution in [3.63, 3.8) is 0 Å². The van der Waals surface area contributed by atoms with E-state index in [0.717, 1.165) is 17.7 Å². The van der Waals surface area contributed by atoms with Gasteiger partial charge in [-0.2, -0.15) is 0 Å². The molecule has 0 heterocycles. The topological polar surface area (TPSA) is 64.3 Å². The Kier molecular flexibility index (Phi) is 6.10. The van der Waals surface area contributed by atoms with Gasteiger partial charge in [-0.1, -0.05) is 12.1 Å². The molecule has 0 saturated carbocycles. The second-order valence-electron chi connectivity index (χ2n) is 3.79. The molecule has 0 radical (unpaired) electrons. The van der Waals surface area contributed by atoms with E-state index in [1.807, 2.05) is 31.2 Å². The number of nitrogen functional groups attached to an aromatic ring is 1. The molecule has 1 amide bonds. The molecule has 3 N–H and O–H groups in total. The zero-order valence-electron chi connectivity index (χ0n) is 10.2. The quantitative estimate of drug-likeness (QED) is 0.555. The van der Waals surface area contributed by atoms with E-state index in [2.05, 4.69) is 5.32 Å². The third-order valence-corrected chi connectivity index (χ3v) is 2.39. The highest BCUT2D eigenvalue weighted by Crippen LogP contribution is 2.07. The van der Waals surface area contributed by atoms with Crippen molar-refractivity contribution in [2.45, 2.75) is 19.8 Å². The monoisotopic (exact) mass is 236 g/mol. The minimum absolute atomic E-state index is 0.0570. The number of hydrogen-bond acceptors (Lipinski definition) is 3. The van der Waals surface area contributed by atoms with Gasteiger partial charge in [-0.3, -0.25) is 4.79 Å². The zero-order chi connectivity index (χ0) is 12.5. The van der Waals surface area contributed by atoms with Gasteiger partial charge in [0.2, 0.25) is 5.91 Å². The van der Waals surface area contributed by atoms with Crippen molar-refractivity contribution in [1.29, 1.82) is 0 Å². The van der Waals surface area contributed by atoms with Crippen molar-refractivity contribution < 1.29 is 9.53 Å². The number of ether oxygens (including phenoxy) is 1. The highest BCUT2D eigenvalue weighted by Gasteiger charge is 2.01. The van der Waals surface area contributed by atoms with Crippen LogP contribution in [0, 0.1) is 0 Å². The first kappa shape index (κ1) is 13.5. The first-order valence-electron chi connectivity index (χ1n) is 5.91. The minimum Gasteiger partial charge on any atom is -0.399 e. The fourth-order valence-corrected chi connectivity index (χ4v) is 1.44. The van der Waals surface area contributed by atoms with Gasteiger partial charge in [0.1, 0.15) is 0 Å². The van der Waals surface area contributed by atoms with Crippen molar-refractivity contribution in [2.24, 2.45) is 0 Å². The number of rotatable bonds is 7. The molecule has 0 bridgehead atoms. The standard InChI is InChI=1S/C13H20N2O2/c1-2-17-10-9-15-13(16)8-5-11-3-6-12(14)7-4-11/h3-4,6-7H,2,5,8-10,14H2,1H3,(H,15,16). The van der Waals surface area contributed by atoms with Crippen molar-refractivity contribution in [3.05, 3.63) is 29.8 Å². The summed E-state index contributed by atoms with van der Waals surface area (Å²) in [5, 5.41) is 2.81. The van der Waals surface area contributed by atoms with Gasteiger partial charge in [-0.25, -0.2) is 0 Å². The molecule has 0 unspecified atom stereocenters. The summed E-state index contributed by atoms with van der Waals surface area (Å²) >= 11 is 0. The summed E-state index contributed by atoms with van der Waals surface area (Å²) in [6.07, 6.45) is 1.23. The molecule has 4 heteroatoms. The summed E-state index contributed by atoms with van der Waals surface area (Å²) < 4.78 is 5.13. The molecular formula is C13H20N2O2. The third-order valence-electron chi connectivity index (χ3n) is 2.39. The molecular weight excluding hydrogens is 216 g/mol. The first-order valence-corrected chi connectivity index (χ1v) is 5.91. The van der Waals surface area contributed by atoms with Gasteiger partial charge >= 0.3 is 0 Å². The Hall–Kier alpha value is -1.55. The van der Waals surface area contributed by atoms with E-state index in [1.165, 1.54) is 0 Å². The Balaban J connectivity index is 2.17. The molecule has 0 aliphatic rings. The molecule has 1 rings (SSSR count). The largest absolute Gasteiger partial charge is 0.399 e. The molecule has 0 aliphatic heterocycles. The van der Waals surface area contributed by atoms with E-state index in [-0.39, 0.29) is 5.91 Å². The maximum Gasteiger partial charge on any atom is 0.220 e. The number of carbonyl (C=O) groups excluding carboxylic acids is 1. The van der Waals surface area contributed by atoms with Crippen molar-refractivity contribution in [1.82, 2.24) is 5.32 Å². The Bertz CT molecular complexity index is 336. The number of benzene rings is 1. The molecule has 4 nitrogen and oxygen atoms in total. The van der Waals surface area contributed by atoms with Gasteiger partial charge in [0.15, 0.2) is 0 Å². The molecule has 1 aromatic rings. The van der Waals surface area contributed by atoms with Gasteiger partial charge in [0.25, 0.3) is 0 Å². The number of nitrogens with one attached hydrogen (secondary N) is 1. The summed E-state index contributed by atoms with van der Waals surface area (Å²) in [7, 11) is 0. The third kappa shape index (κ3) is 5.92. The molecule has 0 saturated heterocycles. The number of aryl methyl sites for hydroxylation is 1. The highest BCUT2D eigenvalue weighted by atomic mass is 16.5. The Morgan fingerprint density at radius 3 is 2.71 bits per heavy atom. The number of amides is 1. The molecule has 0 aliphatic carbocycles. The van der Waals surface area contributed by atoms with Crippen LogP contribution in [-0.2, 0) is 16.0 Å². The van der Waals surface area contributed by atoms with E-state index >= 15 is 0 Å². The van der Waals surface area contributed by atoms with Crippen LogP contribution in [0.5, 0.6) is 0 Å². The number of hydrogen-bond donors (Lipinski definition) is 2. The molecule has 1 aromatic carbocycles. The Labute approximate surface area is 102 Å². The van der Waals surface area contributed by atoms with Gasteiger partial charge in [0.05, 0.1) is 6.61 Å². The molecule has 17 heavy (non-hydrogen) atoms. The van der Waals surface area contributed by atoms with Crippen LogP contribution in [0.3, 0.4) is 0 Å². The summed E-state index contributed by atoms with van der Waals surface area (Å²) in [6, 6.07) is 7.59. The number of anilines is 1. The highest BCUT2D eigenvalue weighted by molar-refractivity contribution is 5.76. The van der Waals surface area contributed by atoms with Crippen LogP contribution in [0.25, 0.3) is 0 Å². The smallest absolute Gasteiger partial charge is 0.220 e. The van der Waals surface area contributed by atoms with Crippen LogP contribution in [-0.4, -0.2) is 25.7 Å². The lowest BCUT2D eigenvalue weighted by atomic mass is 10.1. The van der Waals surface area contributed by atoms with Crippen LogP contribution in [0.1, 0.15) is 18.9 Å².